The standard InChI is InChI=1S/C18H26N6OS/c1-13(15-19-5-10-26-15)23-6-8-24(9-7-23)17(25)22-14-11-20-16(21-12-14)18(2,3)4/h5,10-13H,6-9H2,1-4H3,(H,22,25). The lowest BCUT2D eigenvalue weighted by Crippen LogP contribution is -2.50. The van der Waals surface area contributed by atoms with Crippen LogP contribution in [0, 0.1) is 0 Å². The summed E-state index contributed by atoms with van der Waals surface area (Å²) in [6, 6.07) is 0.192. The van der Waals surface area contributed by atoms with Gasteiger partial charge in [0.05, 0.1) is 24.1 Å². The first kappa shape index (κ1) is 18.7. The number of nitrogens with zero attached hydrogens (tertiary/aromatic N) is 5. The average molecular weight is 375 g/mol. The Kier molecular flexibility index (Phi) is 5.52. The van der Waals surface area contributed by atoms with Crippen LogP contribution in [0.5, 0.6) is 0 Å². The maximum absolute atomic E-state index is 12.5. The fourth-order valence-electron chi connectivity index (χ4n) is 2.89. The lowest BCUT2D eigenvalue weighted by Gasteiger charge is -2.37. The van der Waals surface area contributed by atoms with E-state index < -0.39 is 0 Å². The van der Waals surface area contributed by atoms with Crippen LogP contribution in [-0.2, 0) is 5.41 Å². The highest BCUT2D eigenvalue weighted by atomic mass is 32.1. The van der Waals surface area contributed by atoms with Crippen molar-refractivity contribution in [3.8, 4) is 0 Å². The van der Waals surface area contributed by atoms with E-state index in [2.05, 4.69) is 52.9 Å². The Morgan fingerprint density at radius 2 is 1.81 bits per heavy atom. The highest BCUT2D eigenvalue weighted by Crippen LogP contribution is 2.23. The van der Waals surface area contributed by atoms with Crippen molar-refractivity contribution in [3.63, 3.8) is 0 Å². The van der Waals surface area contributed by atoms with Gasteiger partial charge in [0.2, 0.25) is 0 Å². The van der Waals surface area contributed by atoms with E-state index in [1.54, 1.807) is 23.7 Å². The molecule has 2 amide bonds. The summed E-state index contributed by atoms with van der Waals surface area (Å²) in [5, 5.41) is 6.02. The highest BCUT2D eigenvalue weighted by Gasteiger charge is 2.26. The maximum Gasteiger partial charge on any atom is 0.322 e. The number of aromatic nitrogens is 3. The number of carbonyl (C=O) groups is 1. The first-order valence-electron chi connectivity index (χ1n) is 8.86. The summed E-state index contributed by atoms with van der Waals surface area (Å²) in [5.41, 5.74) is 0.522. The SMILES string of the molecule is CC(c1nccs1)N1CCN(C(=O)Nc2cnc(C(C)(C)C)nc2)CC1. The molecule has 1 aliphatic rings. The molecule has 3 heterocycles. The fourth-order valence-corrected chi connectivity index (χ4v) is 3.62. The molecular formula is C18H26N6OS. The minimum Gasteiger partial charge on any atom is -0.322 e. The number of anilines is 1. The molecule has 3 rings (SSSR count). The van der Waals surface area contributed by atoms with Crippen LogP contribution in [-0.4, -0.2) is 57.0 Å². The van der Waals surface area contributed by atoms with Gasteiger partial charge in [-0.2, -0.15) is 0 Å². The molecule has 0 aliphatic carbocycles. The summed E-state index contributed by atoms with van der Waals surface area (Å²) in [5.74, 6) is 0.764. The molecule has 1 atom stereocenters. The van der Waals surface area contributed by atoms with Gasteiger partial charge in [-0.3, -0.25) is 4.90 Å². The quantitative estimate of drug-likeness (QED) is 0.893. The maximum atomic E-state index is 12.5. The Balaban J connectivity index is 1.52. The third-order valence-electron chi connectivity index (χ3n) is 4.53. The summed E-state index contributed by atoms with van der Waals surface area (Å²) in [7, 11) is 0. The molecule has 1 N–H and O–H groups in total. The molecule has 1 saturated heterocycles. The minimum atomic E-state index is -0.104. The number of amides is 2. The normalized spacial score (nSPS) is 17.2. The number of thiazole rings is 1. The number of hydrogen-bond acceptors (Lipinski definition) is 6. The van der Waals surface area contributed by atoms with Gasteiger partial charge in [-0.05, 0) is 6.92 Å². The Hall–Kier alpha value is -2.06. The van der Waals surface area contributed by atoms with Crippen molar-refractivity contribution in [1.82, 2.24) is 24.8 Å². The molecule has 2 aromatic rings. The number of hydrogen-bond donors (Lipinski definition) is 1. The largest absolute Gasteiger partial charge is 0.322 e. The average Bonchev–Trinajstić information content (AvgIpc) is 3.15. The Morgan fingerprint density at radius 1 is 1.15 bits per heavy atom. The molecule has 0 saturated carbocycles. The summed E-state index contributed by atoms with van der Waals surface area (Å²) >= 11 is 1.68. The summed E-state index contributed by atoms with van der Waals surface area (Å²) in [6.45, 7) is 11.4. The van der Waals surface area contributed by atoms with Gasteiger partial charge in [0.1, 0.15) is 10.8 Å². The van der Waals surface area contributed by atoms with E-state index in [4.69, 9.17) is 0 Å². The van der Waals surface area contributed by atoms with Crippen molar-refractivity contribution in [2.45, 2.75) is 39.2 Å². The van der Waals surface area contributed by atoms with Crippen LogP contribution >= 0.6 is 11.3 Å². The smallest absolute Gasteiger partial charge is 0.322 e. The van der Waals surface area contributed by atoms with Gasteiger partial charge in [0, 0.05) is 43.2 Å². The monoisotopic (exact) mass is 374 g/mol. The van der Waals surface area contributed by atoms with E-state index in [1.807, 2.05) is 16.5 Å². The van der Waals surface area contributed by atoms with Crippen molar-refractivity contribution in [2.24, 2.45) is 0 Å². The van der Waals surface area contributed by atoms with Gasteiger partial charge in [0.25, 0.3) is 0 Å². The van der Waals surface area contributed by atoms with E-state index in [0.29, 0.717) is 24.8 Å². The third kappa shape index (κ3) is 4.37. The molecule has 0 aromatic carbocycles. The number of carbonyl (C=O) groups excluding carboxylic acids is 1. The molecular weight excluding hydrogens is 348 g/mol. The van der Waals surface area contributed by atoms with Gasteiger partial charge in [-0.25, -0.2) is 19.7 Å². The highest BCUT2D eigenvalue weighted by molar-refractivity contribution is 7.09. The lowest BCUT2D eigenvalue weighted by molar-refractivity contribution is 0.119. The molecule has 1 fully saturated rings. The predicted molar refractivity (Wildman–Crippen MR) is 103 cm³/mol. The van der Waals surface area contributed by atoms with Crippen LogP contribution in [0.1, 0.15) is 44.6 Å². The van der Waals surface area contributed by atoms with Crippen LogP contribution in [0.25, 0.3) is 0 Å². The van der Waals surface area contributed by atoms with Crippen LogP contribution in [0.4, 0.5) is 10.5 Å². The van der Waals surface area contributed by atoms with E-state index in [9.17, 15) is 4.79 Å². The van der Waals surface area contributed by atoms with Gasteiger partial charge >= 0.3 is 6.03 Å². The first-order valence-corrected chi connectivity index (χ1v) is 9.74. The van der Waals surface area contributed by atoms with Crippen LogP contribution in [0.15, 0.2) is 24.0 Å². The van der Waals surface area contributed by atoms with Crippen molar-refractivity contribution < 1.29 is 4.79 Å². The number of nitrogens with one attached hydrogen (secondary N) is 1. The van der Waals surface area contributed by atoms with Crippen LogP contribution in [0.2, 0.25) is 0 Å². The molecule has 1 aliphatic heterocycles. The second-order valence-electron chi connectivity index (χ2n) is 7.54. The summed E-state index contributed by atoms with van der Waals surface area (Å²) in [4.78, 5) is 29.8. The van der Waals surface area contributed by atoms with Crippen molar-refractivity contribution in [3.05, 3.63) is 34.8 Å². The van der Waals surface area contributed by atoms with E-state index in [-0.39, 0.29) is 11.4 Å². The Labute approximate surface area is 158 Å². The minimum absolute atomic E-state index is 0.0985. The van der Waals surface area contributed by atoms with E-state index in [1.165, 1.54) is 0 Å². The number of rotatable bonds is 3. The molecule has 0 radical (unpaired) electrons. The van der Waals surface area contributed by atoms with Crippen molar-refractivity contribution >= 4 is 23.1 Å². The van der Waals surface area contributed by atoms with E-state index in [0.717, 1.165) is 23.9 Å². The van der Waals surface area contributed by atoms with Gasteiger partial charge in [0.15, 0.2) is 0 Å². The lowest BCUT2D eigenvalue weighted by atomic mass is 9.96. The second kappa shape index (κ2) is 7.67. The molecule has 2 aromatic heterocycles. The Bertz CT molecular complexity index is 717. The Morgan fingerprint density at radius 3 is 2.35 bits per heavy atom. The van der Waals surface area contributed by atoms with Crippen molar-refractivity contribution in [1.29, 1.82) is 0 Å². The summed E-state index contributed by atoms with van der Waals surface area (Å²) < 4.78 is 0. The molecule has 140 valence electrons. The zero-order valence-corrected chi connectivity index (χ0v) is 16.6. The van der Waals surface area contributed by atoms with Crippen LogP contribution in [0.3, 0.4) is 0 Å². The zero-order valence-electron chi connectivity index (χ0n) is 15.8. The number of piperazine rings is 1. The molecule has 26 heavy (non-hydrogen) atoms. The van der Waals surface area contributed by atoms with Crippen molar-refractivity contribution in [2.75, 3.05) is 31.5 Å². The van der Waals surface area contributed by atoms with E-state index >= 15 is 0 Å². The molecule has 0 bridgehead atoms. The number of urea groups is 1. The van der Waals surface area contributed by atoms with Gasteiger partial charge in [-0.15, -0.1) is 11.3 Å². The predicted octanol–water partition coefficient (Wildman–Crippen LogP) is 3.14. The second-order valence-corrected chi connectivity index (χ2v) is 8.47. The summed E-state index contributed by atoms with van der Waals surface area (Å²) in [6.07, 6.45) is 5.19. The topological polar surface area (TPSA) is 74.2 Å². The first-order chi connectivity index (χ1) is 12.3. The van der Waals surface area contributed by atoms with Crippen LogP contribution < -0.4 is 5.32 Å². The third-order valence-corrected chi connectivity index (χ3v) is 5.48. The fraction of sp³-hybridized carbons (Fsp3) is 0.556. The molecule has 1 unspecified atom stereocenters. The molecule has 7 nitrogen and oxygen atoms in total. The molecule has 0 spiro atoms. The molecule has 8 heteroatoms. The van der Waals surface area contributed by atoms with Gasteiger partial charge < -0.3 is 10.2 Å². The zero-order chi connectivity index (χ0) is 18.7. The van der Waals surface area contributed by atoms with Gasteiger partial charge in [-0.1, -0.05) is 20.8 Å².